The highest BCUT2D eigenvalue weighted by Gasteiger charge is 2.26. The molecule has 0 bridgehead atoms. The van der Waals surface area contributed by atoms with Gasteiger partial charge in [-0.25, -0.2) is 0 Å². The number of fused-ring (bicyclic) bond motifs is 1. The van der Waals surface area contributed by atoms with Crippen molar-refractivity contribution in [1.82, 2.24) is 0 Å². The molecule has 4 nitrogen and oxygen atoms in total. The Morgan fingerprint density at radius 3 is 2.43 bits per heavy atom. The predicted molar refractivity (Wildman–Crippen MR) is 113 cm³/mol. The molecule has 0 saturated heterocycles. The Kier molecular flexibility index (Phi) is 5.99. The van der Waals surface area contributed by atoms with Gasteiger partial charge in [0.05, 0.1) is 26.9 Å². The summed E-state index contributed by atoms with van der Waals surface area (Å²) in [5, 5.41) is 9.63. The minimum absolute atomic E-state index is 0.0381. The summed E-state index contributed by atoms with van der Waals surface area (Å²) < 4.78 is 17.7. The van der Waals surface area contributed by atoms with Crippen LogP contribution in [0, 0.1) is 5.41 Å². The van der Waals surface area contributed by atoms with E-state index in [1.165, 1.54) is 16.7 Å². The highest BCUT2D eigenvalue weighted by Crippen LogP contribution is 2.48. The minimum Gasteiger partial charge on any atom is -0.490 e. The second-order valence-corrected chi connectivity index (χ2v) is 7.95. The molecule has 1 N–H and O–H groups in total. The maximum absolute atomic E-state index is 9.63. The molecule has 0 saturated carbocycles. The first kappa shape index (κ1) is 20.3. The summed E-state index contributed by atoms with van der Waals surface area (Å²) in [6, 6.07) is 10.3. The number of benzene rings is 2. The Bertz CT molecular complexity index is 867. The van der Waals surface area contributed by atoms with E-state index in [2.05, 4.69) is 24.8 Å². The first-order chi connectivity index (χ1) is 13.4. The molecule has 150 valence electrons. The van der Waals surface area contributed by atoms with Gasteiger partial charge in [-0.05, 0) is 54.2 Å². The van der Waals surface area contributed by atoms with Crippen LogP contribution in [0.15, 0.2) is 36.9 Å². The number of ether oxygens (including phenoxy) is 3. The molecule has 0 heterocycles. The van der Waals surface area contributed by atoms with E-state index in [0.717, 1.165) is 24.0 Å². The van der Waals surface area contributed by atoms with Crippen molar-refractivity contribution in [2.24, 2.45) is 5.41 Å². The predicted octanol–water partition coefficient (Wildman–Crippen LogP) is 5.12. The molecule has 1 aliphatic carbocycles. The molecule has 2 aromatic rings. The molecule has 0 aromatic heterocycles. The van der Waals surface area contributed by atoms with Gasteiger partial charge in [-0.3, -0.25) is 0 Å². The standard InChI is InChI=1S/C24H30O4/c1-6-27-21-13-12-20(18-9-7-8-17-16(2)10-11-19(17)18)22(23(21)26-5)28-15-24(3,4)14-25/h7-9,12-13,25H,2,6,10-11,14-15H2,1,3-5H3. The van der Waals surface area contributed by atoms with Crippen LogP contribution in [0.2, 0.25) is 0 Å². The lowest BCUT2D eigenvalue weighted by Crippen LogP contribution is -2.25. The molecule has 3 rings (SSSR count). The van der Waals surface area contributed by atoms with E-state index in [0.29, 0.717) is 30.5 Å². The molecular formula is C24H30O4. The Hall–Kier alpha value is -2.46. The third-order valence-electron chi connectivity index (χ3n) is 5.14. The fraction of sp³-hybridized carbons (Fsp3) is 0.417. The van der Waals surface area contributed by atoms with E-state index in [1.807, 2.05) is 32.9 Å². The molecule has 0 amide bonds. The second kappa shape index (κ2) is 8.27. The van der Waals surface area contributed by atoms with Gasteiger partial charge < -0.3 is 19.3 Å². The van der Waals surface area contributed by atoms with Crippen molar-refractivity contribution in [3.05, 3.63) is 48.0 Å². The summed E-state index contributed by atoms with van der Waals surface area (Å²) in [5.41, 5.74) is 5.45. The Morgan fingerprint density at radius 1 is 1.00 bits per heavy atom. The first-order valence-electron chi connectivity index (χ1n) is 9.79. The van der Waals surface area contributed by atoms with Gasteiger partial charge in [0, 0.05) is 11.0 Å². The molecule has 28 heavy (non-hydrogen) atoms. The highest BCUT2D eigenvalue weighted by atomic mass is 16.5. The first-order valence-corrected chi connectivity index (χ1v) is 9.79. The third kappa shape index (κ3) is 3.88. The largest absolute Gasteiger partial charge is 0.490 e. The number of allylic oxidation sites excluding steroid dienone is 1. The van der Waals surface area contributed by atoms with Crippen molar-refractivity contribution in [1.29, 1.82) is 0 Å². The van der Waals surface area contributed by atoms with Gasteiger partial charge >= 0.3 is 0 Å². The fourth-order valence-electron chi connectivity index (χ4n) is 3.53. The van der Waals surface area contributed by atoms with E-state index in [-0.39, 0.29) is 12.0 Å². The zero-order valence-electron chi connectivity index (χ0n) is 17.3. The molecular weight excluding hydrogens is 352 g/mol. The van der Waals surface area contributed by atoms with Crippen LogP contribution in [-0.2, 0) is 6.42 Å². The summed E-state index contributed by atoms with van der Waals surface area (Å²) in [6.07, 6.45) is 1.95. The number of hydrogen-bond donors (Lipinski definition) is 1. The quantitative estimate of drug-likeness (QED) is 0.689. The molecule has 0 unspecified atom stereocenters. The van der Waals surface area contributed by atoms with Gasteiger partial charge in [-0.1, -0.05) is 38.6 Å². The fourth-order valence-corrected chi connectivity index (χ4v) is 3.53. The van der Waals surface area contributed by atoms with E-state index in [4.69, 9.17) is 14.2 Å². The van der Waals surface area contributed by atoms with Crippen LogP contribution >= 0.6 is 0 Å². The van der Waals surface area contributed by atoms with Crippen molar-refractivity contribution in [3.63, 3.8) is 0 Å². The van der Waals surface area contributed by atoms with E-state index in [9.17, 15) is 5.11 Å². The monoisotopic (exact) mass is 382 g/mol. The van der Waals surface area contributed by atoms with Crippen molar-refractivity contribution >= 4 is 5.57 Å². The SMILES string of the molecule is C=C1CCc2c1cccc2-c1ccc(OCC)c(OC)c1OCC(C)(C)CO. The minimum atomic E-state index is -0.364. The van der Waals surface area contributed by atoms with Crippen LogP contribution in [0.4, 0.5) is 0 Å². The number of methoxy groups -OCH3 is 1. The molecule has 0 radical (unpaired) electrons. The van der Waals surface area contributed by atoms with Crippen LogP contribution in [0.1, 0.15) is 38.3 Å². The van der Waals surface area contributed by atoms with Gasteiger partial charge in [0.1, 0.15) is 0 Å². The number of hydrogen-bond acceptors (Lipinski definition) is 4. The van der Waals surface area contributed by atoms with Gasteiger partial charge in [0.2, 0.25) is 5.75 Å². The van der Waals surface area contributed by atoms with Crippen molar-refractivity contribution in [2.45, 2.75) is 33.6 Å². The number of aliphatic hydroxyl groups excluding tert-OH is 1. The van der Waals surface area contributed by atoms with Gasteiger partial charge in [-0.2, -0.15) is 0 Å². The summed E-state index contributed by atoms with van der Waals surface area (Å²) in [4.78, 5) is 0. The molecule has 4 heteroatoms. The molecule has 1 aliphatic rings. The molecule has 0 fully saturated rings. The van der Waals surface area contributed by atoms with E-state index < -0.39 is 0 Å². The maximum atomic E-state index is 9.63. The second-order valence-electron chi connectivity index (χ2n) is 7.95. The number of aliphatic hydroxyl groups is 1. The van der Waals surface area contributed by atoms with Crippen LogP contribution in [0.25, 0.3) is 16.7 Å². The van der Waals surface area contributed by atoms with Crippen molar-refractivity contribution < 1.29 is 19.3 Å². The lowest BCUT2D eigenvalue weighted by molar-refractivity contribution is 0.0958. The average molecular weight is 383 g/mol. The topological polar surface area (TPSA) is 47.9 Å². The van der Waals surface area contributed by atoms with Gasteiger partial charge in [0.25, 0.3) is 0 Å². The summed E-state index contributed by atoms with van der Waals surface area (Å²) in [7, 11) is 1.63. The summed E-state index contributed by atoms with van der Waals surface area (Å²) in [6.45, 7) is 11.0. The maximum Gasteiger partial charge on any atom is 0.203 e. The zero-order valence-corrected chi connectivity index (χ0v) is 17.3. The summed E-state index contributed by atoms with van der Waals surface area (Å²) in [5.74, 6) is 1.89. The molecule has 2 aromatic carbocycles. The van der Waals surface area contributed by atoms with Crippen molar-refractivity contribution in [2.75, 3.05) is 26.9 Å². The van der Waals surface area contributed by atoms with Crippen LogP contribution in [0.3, 0.4) is 0 Å². The smallest absolute Gasteiger partial charge is 0.203 e. The lowest BCUT2D eigenvalue weighted by Gasteiger charge is -2.25. The van der Waals surface area contributed by atoms with E-state index >= 15 is 0 Å². The Morgan fingerprint density at radius 2 is 1.75 bits per heavy atom. The lowest BCUT2D eigenvalue weighted by atomic mass is 9.94. The normalized spacial score (nSPS) is 13.4. The third-order valence-corrected chi connectivity index (χ3v) is 5.14. The van der Waals surface area contributed by atoms with Gasteiger partial charge in [-0.15, -0.1) is 0 Å². The Balaban J connectivity index is 2.14. The van der Waals surface area contributed by atoms with Gasteiger partial charge in [0.15, 0.2) is 11.5 Å². The van der Waals surface area contributed by atoms with Crippen LogP contribution in [0.5, 0.6) is 17.2 Å². The molecule has 0 spiro atoms. The van der Waals surface area contributed by atoms with Crippen molar-refractivity contribution in [3.8, 4) is 28.4 Å². The number of rotatable bonds is 8. The Labute approximate surface area is 167 Å². The highest BCUT2D eigenvalue weighted by molar-refractivity contribution is 5.84. The average Bonchev–Trinajstić information content (AvgIpc) is 3.08. The summed E-state index contributed by atoms with van der Waals surface area (Å²) >= 11 is 0. The molecule has 0 aliphatic heterocycles. The van der Waals surface area contributed by atoms with E-state index in [1.54, 1.807) is 7.11 Å². The van der Waals surface area contributed by atoms with Crippen LogP contribution < -0.4 is 14.2 Å². The zero-order chi connectivity index (χ0) is 20.3. The molecule has 0 atom stereocenters. The van der Waals surface area contributed by atoms with Crippen LogP contribution in [-0.4, -0.2) is 32.0 Å².